The van der Waals surface area contributed by atoms with E-state index in [0.29, 0.717) is 37.1 Å². The summed E-state index contributed by atoms with van der Waals surface area (Å²) in [4.78, 5) is 21.5. The summed E-state index contributed by atoms with van der Waals surface area (Å²) in [5.74, 6) is 1.13. The first-order valence-corrected chi connectivity index (χ1v) is 9.81. The van der Waals surface area contributed by atoms with Gasteiger partial charge in [0.1, 0.15) is 12.0 Å². The number of carbonyl (C=O) groups excluding carboxylic acids is 1. The molecule has 1 amide bonds. The minimum absolute atomic E-state index is 0.149. The Bertz CT molecular complexity index is 814. The SMILES string of the molecule is COCCOC1CCC(NC(=O)c2ccc3c(n2)-n2cncc2CCO3)CC1. The Balaban J connectivity index is 1.38. The highest BCUT2D eigenvalue weighted by Gasteiger charge is 2.24. The van der Waals surface area contributed by atoms with Gasteiger partial charge in [-0.05, 0) is 37.8 Å². The number of nitrogens with zero attached hydrogens (tertiary/aromatic N) is 3. The van der Waals surface area contributed by atoms with Crippen LogP contribution in [0.4, 0.5) is 0 Å². The lowest BCUT2D eigenvalue weighted by Crippen LogP contribution is -2.39. The molecule has 150 valence electrons. The van der Waals surface area contributed by atoms with Gasteiger partial charge in [-0.15, -0.1) is 0 Å². The summed E-state index contributed by atoms with van der Waals surface area (Å²) in [5.41, 5.74) is 1.41. The zero-order valence-corrected chi connectivity index (χ0v) is 16.1. The zero-order chi connectivity index (χ0) is 19.3. The van der Waals surface area contributed by atoms with E-state index in [0.717, 1.165) is 37.8 Å². The van der Waals surface area contributed by atoms with Crippen LogP contribution in [0.3, 0.4) is 0 Å². The Morgan fingerprint density at radius 3 is 2.96 bits per heavy atom. The number of hydrogen-bond acceptors (Lipinski definition) is 6. The second-order valence-electron chi connectivity index (χ2n) is 7.18. The predicted molar refractivity (Wildman–Crippen MR) is 102 cm³/mol. The van der Waals surface area contributed by atoms with Gasteiger partial charge in [0.2, 0.25) is 0 Å². The Morgan fingerprint density at radius 2 is 2.14 bits per heavy atom. The molecule has 1 saturated carbocycles. The van der Waals surface area contributed by atoms with Crippen LogP contribution >= 0.6 is 0 Å². The number of nitrogens with one attached hydrogen (secondary N) is 1. The molecule has 1 fully saturated rings. The molecule has 0 saturated heterocycles. The van der Waals surface area contributed by atoms with Crippen LogP contribution in [0.5, 0.6) is 5.75 Å². The van der Waals surface area contributed by atoms with Crippen molar-refractivity contribution in [2.24, 2.45) is 0 Å². The molecule has 2 aliphatic rings. The minimum atomic E-state index is -0.155. The van der Waals surface area contributed by atoms with Crippen molar-refractivity contribution < 1.29 is 19.0 Å². The first-order valence-electron chi connectivity index (χ1n) is 9.81. The molecule has 4 rings (SSSR count). The molecule has 1 aliphatic carbocycles. The molecule has 0 spiro atoms. The summed E-state index contributed by atoms with van der Waals surface area (Å²) in [6.45, 7) is 1.81. The largest absolute Gasteiger partial charge is 0.489 e. The number of aromatic nitrogens is 3. The molecule has 0 aromatic carbocycles. The summed E-state index contributed by atoms with van der Waals surface area (Å²) >= 11 is 0. The van der Waals surface area contributed by atoms with Crippen molar-refractivity contribution in [3.63, 3.8) is 0 Å². The maximum Gasteiger partial charge on any atom is 0.270 e. The number of pyridine rings is 1. The molecular formula is C20H26N4O4. The topological polar surface area (TPSA) is 87.5 Å². The number of rotatable bonds is 6. The standard InChI is InChI=1S/C20H26N4O4/c1-26-10-11-27-16-4-2-14(3-5-16)22-20(25)17-6-7-18-19(23-17)24-13-21-12-15(24)8-9-28-18/h6-7,12-14,16H,2-5,8-11H2,1H3,(H,22,25). The maximum atomic E-state index is 12.7. The number of fused-ring (bicyclic) bond motifs is 3. The fourth-order valence-corrected chi connectivity index (χ4v) is 3.74. The summed E-state index contributed by atoms with van der Waals surface area (Å²) in [7, 11) is 1.67. The van der Waals surface area contributed by atoms with Crippen molar-refractivity contribution in [3.05, 3.63) is 36.0 Å². The van der Waals surface area contributed by atoms with Crippen LogP contribution in [0.25, 0.3) is 5.82 Å². The fraction of sp³-hybridized carbons (Fsp3) is 0.550. The van der Waals surface area contributed by atoms with E-state index in [4.69, 9.17) is 14.2 Å². The van der Waals surface area contributed by atoms with Crippen molar-refractivity contribution in [3.8, 4) is 11.6 Å². The van der Waals surface area contributed by atoms with Gasteiger partial charge in [-0.25, -0.2) is 9.97 Å². The molecule has 1 N–H and O–H groups in total. The quantitative estimate of drug-likeness (QED) is 0.763. The molecule has 2 aromatic rings. The third-order valence-corrected chi connectivity index (χ3v) is 5.28. The van der Waals surface area contributed by atoms with E-state index in [1.54, 1.807) is 25.7 Å². The molecule has 8 heteroatoms. The van der Waals surface area contributed by atoms with E-state index in [2.05, 4.69) is 15.3 Å². The van der Waals surface area contributed by atoms with Gasteiger partial charge < -0.3 is 19.5 Å². The van der Waals surface area contributed by atoms with Gasteiger partial charge in [0.25, 0.3) is 5.91 Å². The molecule has 3 heterocycles. The highest BCUT2D eigenvalue weighted by atomic mass is 16.5. The molecule has 0 bridgehead atoms. The fourth-order valence-electron chi connectivity index (χ4n) is 3.74. The highest BCUT2D eigenvalue weighted by molar-refractivity contribution is 5.92. The monoisotopic (exact) mass is 386 g/mol. The first kappa shape index (κ1) is 18.9. The normalized spacial score (nSPS) is 21.2. The van der Waals surface area contributed by atoms with E-state index in [-0.39, 0.29) is 18.1 Å². The van der Waals surface area contributed by atoms with E-state index >= 15 is 0 Å². The van der Waals surface area contributed by atoms with E-state index in [9.17, 15) is 4.79 Å². The van der Waals surface area contributed by atoms with Gasteiger partial charge in [0.15, 0.2) is 11.6 Å². The van der Waals surface area contributed by atoms with Crippen LogP contribution in [0.2, 0.25) is 0 Å². The van der Waals surface area contributed by atoms with Crippen molar-refractivity contribution in [1.82, 2.24) is 19.9 Å². The van der Waals surface area contributed by atoms with Gasteiger partial charge in [0.05, 0.1) is 25.9 Å². The molecule has 1 aliphatic heterocycles. The average molecular weight is 386 g/mol. The Labute approximate surface area is 164 Å². The summed E-state index contributed by atoms with van der Waals surface area (Å²) in [5, 5.41) is 3.12. The lowest BCUT2D eigenvalue weighted by molar-refractivity contribution is -0.00409. The van der Waals surface area contributed by atoms with Crippen molar-refractivity contribution in [2.75, 3.05) is 26.9 Å². The minimum Gasteiger partial charge on any atom is -0.489 e. The van der Waals surface area contributed by atoms with Crippen molar-refractivity contribution in [1.29, 1.82) is 0 Å². The lowest BCUT2D eigenvalue weighted by atomic mass is 9.93. The molecule has 28 heavy (non-hydrogen) atoms. The first-order chi connectivity index (χ1) is 13.7. The second kappa shape index (κ2) is 8.70. The number of methoxy groups -OCH3 is 1. The molecular weight excluding hydrogens is 360 g/mol. The molecule has 0 atom stereocenters. The second-order valence-corrected chi connectivity index (χ2v) is 7.18. The van der Waals surface area contributed by atoms with Crippen LogP contribution in [-0.2, 0) is 15.9 Å². The number of ether oxygens (including phenoxy) is 3. The van der Waals surface area contributed by atoms with Gasteiger partial charge in [-0.2, -0.15) is 0 Å². The van der Waals surface area contributed by atoms with Gasteiger partial charge >= 0.3 is 0 Å². The Kier molecular flexibility index (Phi) is 5.87. The molecule has 0 radical (unpaired) electrons. The maximum absolute atomic E-state index is 12.7. The molecule has 2 aromatic heterocycles. The summed E-state index contributed by atoms with van der Waals surface area (Å²) < 4.78 is 18.5. The Morgan fingerprint density at radius 1 is 1.29 bits per heavy atom. The van der Waals surface area contributed by atoms with Crippen LogP contribution in [0.15, 0.2) is 24.7 Å². The van der Waals surface area contributed by atoms with Crippen LogP contribution < -0.4 is 10.1 Å². The van der Waals surface area contributed by atoms with E-state index in [1.165, 1.54) is 0 Å². The van der Waals surface area contributed by atoms with E-state index < -0.39 is 0 Å². The zero-order valence-electron chi connectivity index (χ0n) is 16.1. The summed E-state index contributed by atoms with van der Waals surface area (Å²) in [6, 6.07) is 3.68. The van der Waals surface area contributed by atoms with Gasteiger partial charge in [-0.3, -0.25) is 9.36 Å². The number of amides is 1. The van der Waals surface area contributed by atoms with Crippen LogP contribution in [-0.4, -0.2) is 59.5 Å². The highest BCUT2D eigenvalue weighted by Crippen LogP contribution is 2.26. The number of carbonyl (C=O) groups is 1. The molecule has 8 nitrogen and oxygen atoms in total. The number of imidazole rings is 1. The van der Waals surface area contributed by atoms with E-state index in [1.807, 2.05) is 10.6 Å². The smallest absolute Gasteiger partial charge is 0.270 e. The third kappa shape index (κ3) is 4.18. The van der Waals surface area contributed by atoms with Crippen molar-refractivity contribution >= 4 is 5.91 Å². The average Bonchev–Trinajstić information content (AvgIpc) is 3.11. The Hall–Kier alpha value is -2.45. The van der Waals surface area contributed by atoms with Crippen LogP contribution in [0, 0.1) is 0 Å². The van der Waals surface area contributed by atoms with Gasteiger partial charge in [-0.1, -0.05) is 0 Å². The van der Waals surface area contributed by atoms with Crippen LogP contribution in [0.1, 0.15) is 41.9 Å². The van der Waals surface area contributed by atoms with Crippen molar-refractivity contribution in [2.45, 2.75) is 44.2 Å². The van der Waals surface area contributed by atoms with Gasteiger partial charge in [0, 0.05) is 31.5 Å². The number of hydrogen-bond donors (Lipinski definition) is 1. The third-order valence-electron chi connectivity index (χ3n) is 5.28. The molecule has 0 unspecified atom stereocenters. The predicted octanol–water partition coefficient (Wildman–Crippen LogP) is 1.91. The lowest BCUT2D eigenvalue weighted by Gasteiger charge is -2.29. The summed E-state index contributed by atoms with van der Waals surface area (Å²) in [6.07, 6.45) is 8.23.